The number of esters is 1. The van der Waals surface area contributed by atoms with E-state index in [1.165, 1.54) is 11.3 Å². The Hall–Kier alpha value is -2.81. The summed E-state index contributed by atoms with van der Waals surface area (Å²) in [4.78, 5) is 53.1. The minimum Gasteiger partial charge on any atom is -0.466 e. The average Bonchev–Trinajstić information content (AvgIpc) is 3.13. The number of aromatic nitrogens is 1. The highest BCUT2D eigenvalue weighted by molar-refractivity contribution is 7.16. The van der Waals surface area contributed by atoms with Crippen LogP contribution in [0.25, 0.3) is 10.2 Å². The molecule has 0 unspecified atom stereocenters. The highest BCUT2D eigenvalue weighted by Crippen LogP contribution is 2.19. The Labute approximate surface area is 165 Å². The van der Waals surface area contributed by atoms with Gasteiger partial charge in [-0.25, -0.2) is 0 Å². The second kappa shape index (κ2) is 8.47. The molecule has 3 amide bonds. The molecule has 1 fully saturated rings. The number of amides is 3. The molecule has 2 aromatic rings. The lowest BCUT2D eigenvalue weighted by molar-refractivity contribution is -0.143. The topological polar surface area (TPSA) is 98.0 Å². The van der Waals surface area contributed by atoms with E-state index in [0.29, 0.717) is 18.0 Å². The van der Waals surface area contributed by atoms with E-state index in [4.69, 9.17) is 4.74 Å². The van der Waals surface area contributed by atoms with Gasteiger partial charge in [0.2, 0.25) is 11.8 Å². The number of hydrogen-bond acceptors (Lipinski definition) is 6. The fourth-order valence-electron chi connectivity index (χ4n) is 2.99. The maximum Gasteiger partial charge on any atom is 0.307 e. The summed E-state index contributed by atoms with van der Waals surface area (Å²) in [6, 6.07) is 5.85. The number of fused-ring (bicyclic) bond motifs is 1. The van der Waals surface area contributed by atoms with Crippen molar-refractivity contribution in [1.82, 2.24) is 9.47 Å². The first-order valence-electron chi connectivity index (χ1n) is 9.05. The van der Waals surface area contributed by atoms with Crippen LogP contribution < -0.4 is 4.80 Å². The maximum absolute atomic E-state index is 12.4. The van der Waals surface area contributed by atoms with Gasteiger partial charge in [-0.2, -0.15) is 4.99 Å². The zero-order valence-corrected chi connectivity index (χ0v) is 16.6. The van der Waals surface area contributed by atoms with Crippen LogP contribution >= 0.6 is 11.3 Å². The number of aryl methyl sites for hydroxylation is 2. The van der Waals surface area contributed by atoms with E-state index in [9.17, 15) is 19.2 Å². The normalized spacial score (nSPS) is 14.9. The molecule has 1 aromatic heterocycles. The Balaban J connectivity index is 1.91. The number of carbonyl (C=O) groups is 4. The number of nitrogens with zero attached hydrogens (tertiary/aromatic N) is 3. The van der Waals surface area contributed by atoms with Crippen molar-refractivity contribution in [3.63, 3.8) is 0 Å². The Kier molecular flexibility index (Phi) is 6.03. The molecule has 2 heterocycles. The van der Waals surface area contributed by atoms with Crippen molar-refractivity contribution >= 4 is 45.2 Å². The van der Waals surface area contributed by atoms with Crippen molar-refractivity contribution in [2.24, 2.45) is 4.99 Å². The van der Waals surface area contributed by atoms with Gasteiger partial charge in [-0.1, -0.05) is 17.4 Å². The van der Waals surface area contributed by atoms with E-state index in [0.717, 1.165) is 20.7 Å². The molecule has 1 saturated heterocycles. The highest BCUT2D eigenvalue weighted by atomic mass is 32.1. The van der Waals surface area contributed by atoms with Crippen LogP contribution in [0.15, 0.2) is 23.2 Å². The SMILES string of the molecule is CCOC(=O)CCn1c(=NC(=O)CN2C(=O)CCC2=O)sc2cc(C)ccc21. The van der Waals surface area contributed by atoms with Gasteiger partial charge >= 0.3 is 5.97 Å². The second-order valence-corrected chi connectivity index (χ2v) is 7.45. The third kappa shape index (κ3) is 4.36. The number of thiazole rings is 1. The number of ether oxygens (including phenoxy) is 1. The molecule has 1 aliphatic heterocycles. The first-order valence-corrected chi connectivity index (χ1v) is 9.87. The summed E-state index contributed by atoms with van der Waals surface area (Å²) in [5, 5.41) is 0. The fourth-order valence-corrected chi connectivity index (χ4v) is 4.17. The summed E-state index contributed by atoms with van der Waals surface area (Å²) < 4.78 is 7.70. The molecule has 0 aliphatic carbocycles. The lowest BCUT2D eigenvalue weighted by atomic mass is 10.2. The van der Waals surface area contributed by atoms with E-state index in [1.807, 2.05) is 25.1 Å². The van der Waals surface area contributed by atoms with Crippen molar-refractivity contribution in [3.8, 4) is 0 Å². The van der Waals surface area contributed by atoms with Gasteiger partial charge in [-0.3, -0.25) is 24.1 Å². The van der Waals surface area contributed by atoms with Gasteiger partial charge in [0.25, 0.3) is 5.91 Å². The molecule has 0 spiro atoms. The predicted molar refractivity (Wildman–Crippen MR) is 102 cm³/mol. The van der Waals surface area contributed by atoms with Gasteiger partial charge in [0.1, 0.15) is 6.54 Å². The second-order valence-electron chi connectivity index (χ2n) is 6.44. The zero-order valence-electron chi connectivity index (χ0n) is 15.8. The lowest BCUT2D eigenvalue weighted by Gasteiger charge is -2.10. The number of hydrogen-bond donors (Lipinski definition) is 0. The number of carbonyl (C=O) groups excluding carboxylic acids is 4. The molecule has 0 N–H and O–H groups in total. The quantitative estimate of drug-likeness (QED) is 0.538. The smallest absolute Gasteiger partial charge is 0.307 e. The summed E-state index contributed by atoms with van der Waals surface area (Å²) >= 11 is 1.33. The van der Waals surface area contributed by atoms with Crippen LogP contribution in [0.4, 0.5) is 0 Å². The van der Waals surface area contributed by atoms with Gasteiger partial charge < -0.3 is 9.30 Å². The fraction of sp³-hybridized carbons (Fsp3) is 0.421. The molecule has 0 saturated carbocycles. The zero-order chi connectivity index (χ0) is 20.3. The third-order valence-corrected chi connectivity index (χ3v) is 5.39. The highest BCUT2D eigenvalue weighted by Gasteiger charge is 2.30. The van der Waals surface area contributed by atoms with Crippen LogP contribution in [0.5, 0.6) is 0 Å². The molecule has 9 heteroatoms. The van der Waals surface area contributed by atoms with E-state index < -0.39 is 5.91 Å². The Morgan fingerprint density at radius 3 is 2.61 bits per heavy atom. The van der Waals surface area contributed by atoms with Crippen LogP contribution in [-0.2, 0) is 30.5 Å². The monoisotopic (exact) mass is 403 g/mol. The van der Waals surface area contributed by atoms with Gasteiger partial charge in [0, 0.05) is 19.4 Å². The van der Waals surface area contributed by atoms with Crippen molar-refractivity contribution in [2.75, 3.05) is 13.2 Å². The summed E-state index contributed by atoms with van der Waals surface area (Å²) in [7, 11) is 0. The Bertz CT molecular complexity index is 1000. The van der Waals surface area contributed by atoms with Crippen LogP contribution in [0.3, 0.4) is 0 Å². The minimum absolute atomic E-state index is 0.133. The van der Waals surface area contributed by atoms with E-state index in [1.54, 1.807) is 11.5 Å². The van der Waals surface area contributed by atoms with Crippen molar-refractivity contribution in [3.05, 3.63) is 28.6 Å². The van der Waals surface area contributed by atoms with Crippen LogP contribution in [0.2, 0.25) is 0 Å². The number of benzene rings is 1. The minimum atomic E-state index is -0.572. The summed E-state index contributed by atoms with van der Waals surface area (Å²) in [6.45, 7) is 3.97. The van der Waals surface area contributed by atoms with Gasteiger partial charge in [0.05, 0.1) is 23.2 Å². The first-order chi connectivity index (χ1) is 13.4. The standard InChI is InChI=1S/C19H21N3O5S/c1-3-27-18(26)8-9-21-13-5-4-12(2)10-14(13)28-19(21)20-15(23)11-22-16(24)6-7-17(22)25/h4-5,10H,3,6-9,11H2,1-2H3. The molecule has 0 bridgehead atoms. The predicted octanol–water partition coefficient (Wildman–Crippen LogP) is 1.54. The first kappa shape index (κ1) is 19.9. The Morgan fingerprint density at radius 1 is 1.21 bits per heavy atom. The number of likely N-dealkylation sites (tertiary alicyclic amines) is 1. The van der Waals surface area contributed by atoms with E-state index >= 15 is 0 Å². The van der Waals surface area contributed by atoms with Gasteiger partial charge in [-0.15, -0.1) is 0 Å². The molecular formula is C19H21N3O5S. The van der Waals surface area contributed by atoms with Crippen LogP contribution in [0, 0.1) is 6.92 Å². The molecule has 1 aliphatic rings. The van der Waals surface area contributed by atoms with Crippen molar-refractivity contribution in [2.45, 2.75) is 39.7 Å². The molecule has 3 rings (SSSR count). The molecule has 0 radical (unpaired) electrons. The van der Waals surface area contributed by atoms with E-state index in [-0.39, 0.29) is 43.6 Å². The van der Waals surface area contributed by atoms with E-state index in [2.05, 4.69) is 4.99 Å². The van der Waals surface area contributed by atoms with Crippen LogP contribution in [-0.4, -0.2) is 46.3 Å². The number of rotatable bonds is 6. The lowest BCUT2D eigenvalue weighted by Crippen LogP contribution is -2.34. The third-order valence-electron chi connectivity index (χ3n) is 4.35. The maximum atomic E-state index is 12.4. The van der Waals surface area contributed by atoms with Crippen molar-refractivity contribution < 1.29 is 23.9 Å². The molecule has 148 valence electrons. The molecule has 1 aromatic carbocycles. The average molecular weight is 403 g/mol. The van der Waals surface area contributed by atoms with Crippen LogP contribution in [0.1, 0.15) is 31.7 Å². The summed E-state index contributed by atoms with van der Waals surface area (Å²) in [5.41, 5.74) is 1.93. The Morgan fingerprint density at radius 2 is 1.93 bits per heavy atom. The molecule has 0 atom stereocenters. The summed E-state index contributed by atoms with van der Waals surface area (Å²) in [5.74, 6) is -1.60. The van der Waals surface area contributed by atoms with Gasteiger partial charge in [0.15, 0.2) is 4.80 Å². The van der Waals surface area contributed by atoms with Crippen molar-refractivity contribution in [1.29, 1.82) is 0 Å². The molecular weight excluding hydrogens is 382 g/mol. The summed E-state index contributed by atoms with van der Waals surface area (Å²) in [6.07, 6.45) is 0.416. The largest absolute Gasteiger partial charge is 0.466 e. The van der Waals surface area contributed by atoms with Gasteiger partial charge in [-0.05, 0) is 31.5 Å². The molecule has 8 nitrogen and oxygen atoms in total. The number of imide groups is 1. The molecule has 28 heavy (non-hydrogen) atoms.